The molecule has 0 radical (unpaired) electrons. The number of carbonyl (C=O) groups excluding carboxylic acids is 1. The van der Waals surface area contributed by atoms with E-state index in [-0.39, 0.29) is 11.7 Å². The van der Waals surface area contributed by atoms with Crippen molar-refractivity contribution in [2.45, 2.75) is 19.8 Å². The molecule has 3 rings (SSSR count). The van der Waals surface area contributed by atoms with Crippen LogP contribution in [0.5, 0.6) is 5.75 Å². The van der Waals surface area contributed by atoms with Crippen molar-refractivity contribution >= 4 is 11.6 Å². The summed E-state index contributed by atoms with van der Waals surface area (Å²) in [7, 11) is 0. The van der Waals surface area contributed by atoms with Crippen LogP contribution >= 0.6 is 0 Å². The van der Waals surface area contributed by atoms with Crippen LogP contribution in [0.25, 0.3) is 0 Å². The van der Waals surface area contributed by atoms with E-state index >= 15 is 0 Å². The predicted molar refractivity (Wildman–Crippen MR) is 79.3 cm³/mol. The molecule has 20 heavy (non-hydrogen) atoms. The molecule has 0 bridgehead atoms. The minimum atomic E-state index is -0.00481. The number of phenolic OH excluding ortho intramolecular Hbond substituents is 1. The van der Waals surface area contributed by atoms with Gasteiger partial charge in [0.2, 0.25) is 0 Å². The normalized spacial score (nSPS) is 13.9. The smallest absolute Gasteiger partial charge is 0.258 e. The van der Waals surface area contributed by atoms with Gasteiger partial charge in [0.15, 0.2) is 0 Å². The molecule has 0 spiro atoms. The average molecular weight is 267 g/mol. The predicted octanol–water partition coefficient (Wildman–Crippen LogP) is 3.29. The Hall–Kier alpha value is -2.29. The van der Waals surface area contributed by atoms with Crippen molar-refractivity contribution in [3.05, 3.63) is 59.2 Å². The van der Waals surface area contributed by atoms with Gasteiger partial charge >= 0.3 is 0 Å². The van der Waals surface area contributed by atoms with Gasteiger partial charge in [-0.3, -0.25) is 4.79 Å². The number of rotatable bonds is 1. The molecule has 3 heteroatoms. The summed E-state index contributed by atoms with van der Waals surface area (Å²) in [5.74, 6) is 0.172. The highest BCUT2D eigenvalue weighted by molar-refractivity contribution is 6.06. The van der Waals surface area contributed by atoms with Crippen LogP contribution in [0.4, 0.5) is 5.69 Å². The van der Waals surface area contributed by atoms with E-state index in [1.165, 1.54) is 11.1 Å². The summed E-state index contributed by atoms with van der Waals surface area (Å²) in [6.45, 7) is 2.82. The fourth-order valence-electron chi connectivity index (χ4n) is 2.70. The Kier molecular flexibility index (Phi) is 3.18. The summed E-state index contributed by atoms with van der Waals surface area (Å²) in [6.07, 6.45) is 2.01. The largest absolute Gasteiger partial charge is 0.508 e. The number of carbonyl (C=O) groups is 1. The third-order valence-electron chi connectivity index (χ3n) is 3.71. The lowest BCUT2D eigenvalue weighted by molar-refractivity contribution is 0.0985. The van der Waals surface area contributed by atoms with E-state index in [0.717, 1.165) is 25.1 Å². The molecule has 0 aliphatic carbocycles. The molecular formula is C17H17NO2. The van der Waals surface area contributed by atoms with E-state index in [0.29, 0.717) is 5.56 Å². The topological polar surface area (TPSA) is 40.5 Å². The Balaban J connectivity index is 1.96. The molecule has 0 fully saturated rings. The Morgan fingerprint density at radius 3 is 2.65 bits per heavy atom. The van der Waals surface area contributed by atoms with E-state index in [9.17, 15) is 9.90 Å². The van der Waals surface area contributed by atoms with Crippen LogP contribution in [0.2, 0.25) is 0 Å². The summed E-state index contributed by atoms with van der Waals surface area (Å²) in [4.78, 5) is 14.4. The summed E-state index contributed by atoms with van der Waals surface area (Å²) >= 11 is 0. The number of benzene rings is 2. The van der Waals surface area contributed by atoms with Gasteiger partial charge < -0.3 is 10.0 Å². The number of amides is 1. The van der Waals surface area contributed by atoms with Crippen LogP contribution in [-0.2, 0) is 6.42 Å². The lowest BCUT2D eigenvalue weighted by atomic mass is 9.99. The first-order valence-corrected chi connectivity index (χ1v) is 6.85. The summed E-state index contributed by atoms with van der Waals surface area (Å²) < 4.78 is 0. The van der Waals surface area contributed by atoms with Crippen molar-refractivity contribution < 1.29 is 9.90 Å². The van der Waals surface area contributed by atoms with E-state index in [4.69, 9.17) is 0 Å². The Labute approximate surface area is 118 Å². The minimum Gasteiger partial charge on any atom is -0.508 e. The highest BCUT2D eigenvalue weighted by atomic mass is 16.3. The second-order valence-corrected chi connectivity index (χ2v) is 5.24. The first-order valence-electron chi connectivity index (χ1n) is 6.85. The molecule has 1 heterocycles. The Bertz CT molecular complexity index is 647. The maximum Gasteiger partial charge on any atom is 0.258 e. The van der Waals surface area contributed by atoms with Gasteiger partial charge in [0.05, 0.1) is 0 Å². The molecule has 0 atom stereocenters. The fraction of sp³-hybridized carbons (Fsp3) is 0.235. The van der Waals surface area contributed by atoms with Crippen LogP contribution in [0.1, 0.15) is 27.9 Å². The third kappa shape index (κ3) is 2.27. The van der Waals surface area contributed by atoms with Gasteiger partial charge in [-0.2, -0.15) is 0 Å². The zero-order valence-corrected chi connectivity index (χ0v) is 11.5. The first kappa shape index (κ1) is 12.7. The number of hydrogen-bond acceptors (Lipinski definition) is 2. The average Bonchev–Trinajstić information content (AvgIpc) is 2.46. The van der Waals surface area contributed by atoms with E-state index in [2.05, 4.69) is 13.0 Å². The number of aryl methyl sites for hydroxylation is 2. The van der Waals surface area contributed by atoms with Crippen LogP contribution in [-0.4, -0.2) is 17.6 Å². The maximum atomic E-state index is 12.6. The van der Waals surface area contributed by atoms with E-state index in [1.54, 1.807) is 24.3 Å². The molecule has 102 valence electrons. The van der Waals surface area contributed by atoms with E-state index < -0.39 is 0 Å². The van der Waals surface area contributed by atoms with Gasteiger partial charge in [-0.15, -0.1) is 0 Å². The van der Waals surface area contributed by atoms with Crippen LogP contribution in [0, 0.1) is 6.92 Å². The van der Waals surface area contributed by atoms with Crippen molar-refractivity contribution in [3.63, 3.8) is 0 Å². The second kappa shape index (κ2) is 5.00. The van der Waals surface area contributed by atoms with Gasteiger partial charge in [-0.05, 0) is 55.7 Å². The number of fused-ring (bicyclic) bond motifs is 1. The quantitative estimate of drug-likeness (QED) is 0.861. The molecule has 0 aromatic heterocycles. The third-order valence-corrected chi connectivity index (χ3v) is 3.71. The van der Waals surface area contributed by atoms with E-state index in [1.807, 2.05) is 17.0 Å². The first-order chi connectivity index (χ1) is 9.65. The van der Waals surface area contributed by atoms with Crippen molar-refractivity contribution in [1.29, 1.82) is 0 Å². The number of aromatic hydroxyl groups is 1. The number of hydrogen-bond donors (Lipinski definition) is 1. The van der Waals surface area contributed by atoms with Crippen molar-refractivity contribution in [2.24, 2.45) is 0 Å². The molecule has 2 aromatic carbocycles. The zero-order chi connectivity index (χ0) is 14.1. The van der Waals surface area contributed by atoms with Gasteiger partial charge in [0.1, 0.15) is 5.75 Å². The van der Waals surface area contributed by atoms with Crippen LogP contribution in [0.15, 0.2) is 42.5 Å². The van der Waals surface area contributed by atoms with Gasteiger partial charge in [-0.1, -0.05) is 17.7 Å². The summed E-state index contributed by atoms with van der Waals surface area (Å²) in [6, 6.07) is 12.7. The molecule has 1 amide bonds. The van der Waals surface area contributed by atoms with Crippen LogP contribution < -0.4 is 4.90 Å². The summed E-state index contributed by atoms with van der Waals surface area (Å²) in [5, 5.41) is 9.31. The molecule has 1 N–H and O–H groups in total. The lowest BCUT2D eigenvalue weighted by Crippen LogP contribution is -2.35. The highest BCUT2D eigenvalue weighted by Crippen LogP contribution is 2.29. The van der Waals surface area contributed by atoms with Gasteiger partial charge in [0.25, 0.3) is 5.91 Å². The van der Waals surface area contributed by atoms with Gasteiger partial charge in [-0.25, -0.2) is 0 Å². The van der Waals surface area contributed by atoms with Crippen LogP contribution in [0.3, 0.4) is 0 Å². The standard InChI is InChI=1S/C17H17NO2/c1-12-4-9-16-14(11-12)3-2-10-18(16)17(20)13-5-7-15(19)8-6-13/h4-9,11,19H,2-3,10H2,1H3. The monoisotopic (exact) mass is 267 g/mol. The highest BCUT2D eigenvalue weighted by Gasteiger charge is 2.23. The zero-order valence-electron chi connectivity index (χ0n) is 11.5. The second-order valence-electron chi connectivity index (χ2n) is 5.24. The fourth-order valence-corrected chi connectivity index (χ4v) is 2.70. The maximum absolute atomic E-state index is 12.6. The molecule has 2 aromatic rings. The molecular weight excluding hydrogens is 250 g/mol. The SMILES string of the molecule is Cc1ccc2c(c1)CCCN2C(=O)c1ccc(O)cc1. The van der Waals surface area contributed by atoms with Gasteiger partial charge in [0, 0.05) is 17.8 Å². The Morgan fingerprint density at radius 1 is 1.15 bits per heavy atom. The molecule has 1 aliphatic heterocycles. The van der Waals surface area contributed by atoms with Crippen molar-refractivity contribution in [2.75, 3.05) is 11.4 Å². The number of nitrogens with zero attached hydrogens (tertiary/aromatic N) is 1. The summed E-state index contributed by atoms with van der Waals surface area (Å²) in [5.41, 5.74) is 4.09. The number of anilines is 1. The molecule has 1 aliphatic rings. The van der Waals surface area contributed by atoms with Crippen molar-refractivity contribution in [3.8, 4) is 5.75 Å². The minimum absolute atomic E-state index is 0.00481. The molecule has 0 unspecified atom stereocenters. The molecule has 0 saturated heterocycles. The number of phenols is 1. The molecule has 3 nitrogen and oxygen atoms in total. The Morgan fingerprint density at radius 2 is 1.90 bits per heavy atom. The van der Waals surface area contributed by atoms with Crippen molar-refractivity contribution in [1.82, 2.24) is 0 Å². The molecule has 0 saturated carbocycles. The lowest BCUT2D eigenvalue weighted by Gasteiger charge is -2.30.